The van der Waals surface area contributed by atoms with Crippen LogP contribution in [0.4, 0.5) is 4.79 Å². The Morgan fingerprint density at radius 2 is 1.71 bits per heavy atom. The summed E-state index contributed by atoms with van der Waals surface area (Å²) in [6.45, 7) is 1.83. The van der Waals surface area contributed by atoms with E-state index in [1.807, 2.05) is 24.3 Å². The van der Waals surface area contributed by atoms with Crippen LogP contribution in [-0.4, -0.2) is 36.3 Å². The third-order valence-electron chi connectivity index (χ3n) is 4.73. The van der Waals surface area contributed by atoms with Gasteiger partial charge in [0.25, 0.3) is 0 Å². The van der Waals surface area contributed by atoms with Crippen LogP contribution in [0.5, 0.6) is 0 Å². The quantitative estimate of drug-likeness (QED) is 0.797. The number of carbonyl (C=O) groups is 2. The van der Waals surface area contributed by atoms with Gasteiger partial charge in [0.05, 0.1) is 0 Å². The summed E-state index contributed by atoms with van der Waals surface area (Å²) in [4.78, 5) is 25.0. The second-order valence-electron chi connectivity index (χ2n) is 6.04. The average Bonchev–Trinajstić information content (AvgIpc) is 3.11. The highest BCUT2D eigenvalue weighted by Crippen LogP contribution is 2.44. The lowest BCUT2D eigenvalue weighted by Crippen LogP contribution is -2.37. The Balaban J connectivity index is 1.55. The van der Waals surface area contributed by atoms with E-state index in [0.29, 0.717) is 0 Å². The minimum absolute atomic E-state index is 0.0101. The molecule has 0 saturated carbocycles. The minimum atomic E-state index is -0.597. The average molecular weight is 323 g/mol. The van der Waals surface area contributed by atoms with Gasteiger partial charge in [-0.2, -0.15) is 0 Å². The Labute approximate surface area is 139 Å². The molecule has 1 heterocycles. The Bertz CT molecular complexity index is 771. The number of nitrogens with zero attached hydrogens (tertiary/aromatic N) is 1. The first-order valence-electron chi connectivity index (χ1n) is 7.95. The van der Waals surface area contributed by atoms with Gasteiger partial charge in [0.15, 0.2) is 6.73 Å². The molecule has 0 N–H and O–H groups in total. The van der Waals surface area contributed by atoms with Crippen molar-refractivity contribution in [2.75, 3.05) is 13.3 Å². The molecular weight excluding hydrogens is 306 g/mol. The highest BCUT2D eigenvalue weighted by Gasteiger charge is 2.36. The largest absolute Gasteiger partial charge is 0.448 e. The van der Waals surface area contributed by atoms with E-state index in [-0.39, 0.29) is 19.3 Å². The third-order valence-corrected chi connectivity index (χ3v) is 4.73. The predicted octanol–water partition coefficient (Wildman–Crippen LogP) is 3.14. The molecule has 5 heteroatoms. The third kappa shape index (κ3) is 2.24. The van der Waals surface area contributed by atoms with E-state index >= 15 is 0 Å². The zero-order valence-electron chi connectivity index (χ0n) is 13.3. The van der Waals surface area contributed by atoms with Gasteiger partial charge in [-0.15, -0.1) is 0 Å². The fourth-order valence-corrected chi connectivity index (χ4v) is 3.38. The van der Waals surface area contributed by atoms with Crippen molar-refractivity contribution in [1.29, 1.82) is 0 Å². The highest BCUT2D eigenvalue weighted by molar-refractivity contribution is 5.83. The molecule has 0 radical (unpaired) electrons. The number of fused-ring (bicyclic) bond motifs is 3. The normalized spacial score (nSPS) is 19.0. The lowest BCUT2D eigenvalue weighted by molar-refractivity contribution is -0.138. The van der Waals surface area contributed by atoms with Gasteiger partial charge in [-0.25, -0.2) is 9.59 Å². The van der Waals surface area contributed by atoms with Crippen LogP contribution in [0.3, 0.4) is 0 Å². The second kappa shape index (κ2) is 5.67. The molecule has 1 atom stereocenters. The maximum Gasteiger partial charge on any atom is 0.413 e. The van der Waals surface area contributed by atoms with E-state index in [2.05, 4.69) is 24.3 Å². The van der Waals surface area contributed by atoms with Gasteiger partial charge in [-0.1, -0.05) is 48.5 Å². The highest BCUT2D eigenvalue weighted by atomic mass is 16.6. The lowest BCUT2D eigenvalue weighted by Gasteiger charge is -2.19. The Morgan fingerprint density at radius 1 is 1.12 bits per heavy atom. The molecule has 0 aromatic heterocycles. The molecule has 0 bridgehead atoms. The Kier molecular flexibility index (Phi) is 3.49. The summed E-state index contributed by atoms with van der Waals surface area (Å²) in [5, 5.41) is 0. The summed E-state index contributed by atoms with van der Waals surface area (Å²) in [5.41, 5.74) is 4.69. The predicted molar refractivity (Wildman–Crippen MR) is 87.3 cm³/mol. The van der Waals surface area contributed by atoms with Crippen molar-refractivity contribution in [3.63, 3.8) is 0 Å². The molecule has 2 aromatic carbocycles. The molecule has 24 heavy (non-hydrogen) atoms. The number of hydrogen-bond acceptors (Lipinski definition) is 4. The maximum absolute atomic E-state index is 12.3. The van der Waals surface area contributed by atoms with Crippen LogP contribution >= 0.6 is 0 Å². The summed E-state index contributed by atoms with van der Waals surface area (Å²) >= 11 is 0. The van der Waals surface area contributed by atoms with Crippen molar-refractivity contribution in [2.24, 2.45) is 0 Å². The van der Waals surface area contributed by atoms with E-state index in [1.165, 1.54) is 16.0 Å². The van der Waals surface area contributed by atoms with Gasteiger partial charge in [0.2, 0.25) is 0 Å². The Morgan fingerprint density at radius 3 is 2.25 bits per heavy atom. The van der Waals surface area contributed by atoms with Crippen LogP contribution < -0.4 is 0 Å². The molecule has 2 aromatic rings. The number of esters is 1. The molecule has 1 aliphatic heterocycles. The van der Waals surface area contributed by atoms with E-state index in [0.717, 1.165) is 11.1 Å². The topological polar surface area (TPSA) is 55.8 Å². The van der Waals surface area contributed by atoms with Gasteiger partial charge in [0, 0.05) is 5.92 Å². The number of ether oxygens (including phenoxy) is 2. The molecule has 5 nitrogen and oxygen atoms in total. The molecular formula is C19H17NO4. The SMILES string of the molecule is CC1C(=O)OCN1C(=O)OCC1c2ccccc2-c2ccccc21. The number of cyclic esters (lactones) is 1. The first kappa shape index (κ1) is 14.8. The first-order chi connectivity index (χ1) is 11.7. The monoisotopic (exact) mass is 323 g/mol. The Hall–Kier alpha value is -2.82. The summed E-state index contributed by atoms with van der Waals surface area (Å²) < 4.78 is 10.4. The van der Waals surface area contributed by atoms with E-state index in [4.69, 9.17) is 9.47 Å². The molecule has 1 fully saturated rings. The lowest BCUT2D eigenvalue weighted by atomic mass is 9.98. The molecule has 1 amide bonds. The van der Waals surface area contributed by atoms with Crippen LogP contribution in [0, 0.1) is 0 Å². The fourth-order valence-electron chi connectivity index (χ4n) is 3.38. The number of rotatable bonds is 2. The number of carbonyl (C=O) groups excluding carboxylic acids is 2. The van der Waals surface area contributed by atoms with E-state index < -0.39 is 18.1 Å². The van der Waals surface area contributed by atoms with Gasteiger partial charge in [-0.3, -0.25) is 4.90 Å². The van der Waals surface area contributed by atoms with Crippen molar-refractivity contribution < 1.29 is 19.1 Å². The van der Waals surface area contributed by atoms with Crippen LogP contribution in [0.15, 0.2) is 48.5 Å². The standard InChI is InChI=1S/C19H17NO4/c1-12-18(21)24-11-20(12)19(22)23-10-17-15-8-4-2-6-13(15)14-7-3-5-9-16(14)17/h2-9,12,17H,10-11H2,1H3. The number of benzene rings is 2. The zero-order chi connectivity index (χ0) is 16.7. The van der Waals surface area contributed by atoms with Crippen LogP contribution in [0.1, 0.15) is 24.0 Å². The molecule has 1 unspecified atom stereocenters. The van der Waals surface area contributed by atoms with Crippen molar-refractivity contribution in [3.05, 3.63) is 59.7 Å². The van der Waals surface area contributed by atoms with Gasteiger partial charge in [0.1, 0.15) is 12.6 Å². The van der Waals surface area contributed by atoms with Crippen LogP contribution in [0.25, 0.3) is 11.1 Å². The van der Waals surface area contributed by atoms with E-state index in [1.54, 1.807) is 6.92 Å². The van der Waals surface area contributed by atoms with Crippen molar-refractivity contribution >= 4 is 12.1 Å². The summed E-state index contributed by atoms with van der Waals surface area (Å²) in [6.07, 6.45) is -0.518. The minimum Gasteiger partial charge on any atom is -0.448 e. The fraction of sp³-hybridized carbons (Fsp3) is 0.263. The summed E-state index contributed by atoms with van der Waals surface area (Å²) in [5.74, 6) is -0.389. The summed E-state index contributed by atoms with van der Waals surface area (Å²) in [6, 6.07) is 15.7. The van der Waals surface area contributed by atoms with Crippen LogP contribution in [0.2, 0.25) is 0 Å². The van der Waals surface area contributed by atoms with Gasteiger partial charge in [-0.05, 0) is 29.2 Å². The molecule has 0 spiro atoms. The van der Waals surface area contributed by atoms with Gasteiger partial charge < -0.3 is 9.47 Å². The molecule has 1 saturated heterocycles. The molecule has 122 valence electrons. The van der Waals surface area contributed by atoms with Crippen molar-refractivity contribution in [3.8, 4) is 11.1 Å². The smallest absolute Gasteiger partial charge is 0.413 e. The number of hydrogen-bond donors (Lipinski definition) is 0. The summed E-state index contributed by atoms with van der Waals surface area (Å²) in [7, 11) is 0. The van der Waals surface area contributed by atoms with Crippen LogP contribution in [-0.2, 0) is 14.3 Å². The molecule has 2 aliphatic rings. The van der Waals surface area contributed by atoms with E-state index in [9.17, 15) is 9.59 Å². The van der Waals surface area contributed by atoms with Crippen molar-refractivity contribution in [1.82, 2.24) is 4.90 Å². The maximum atomic E-state index is 12.3. The second-order valence-corrected chi connectivity index (χ2v) is 6.04. The van der Waals surface area contributed by atoms with Gasteiger partial charge >= 0.3 is 12.1 Å². The first-order valence-corrected chi connectivity index (χ1v) is 7.95. The molecule has 1 aliphatic carbocycles. The molecule has 4 rings (SSSR count). The number of amides is 1. The van der Waals surface area contributed by atoms with Crippen molar-refractivity contribution in [2.45, 2.75) is 18.9 Å². The zero-order valence-corrected chi connectivity index (χ0v) is 13.3.